The maximum absolute atomic E-state index is 14.2. The number of carboxylic acids is 1. The van der Waals surface area contributed by atoms with Gasteiger partial charge in [0.1, 0.15) is 5.78 Å². The van der Waals surface area contributed by atoms with Crippen molar-refractivity contribution in [3.8, 4) is 0 Å². The summed E-state index contributed by atoms with van der Waals surface area (Å²) >= 11 is 0. The predicted molar refractivity (Wildman–Crippen MR) is 142 cm³/mol. The van der Waals surface area contributed by atoms with Gasteiger partial charge in [-0.05, 0) is 71.2 Å². The number of rotatable bonds is 6. The number of fused-ring (bicyclic) bond motifs is 4. The summed E-state index contributed by atoms with van der Waals surface area (Å²) in [5.41, 5.74) is -0.126. The molecule has 2 fully saturated rings. The van der Waals surface area contributed by atoms with Crippen LogP contribution in [0, 0.1) is 51.2 Å². The normalized spacial score (nSPS) is 44.5. The largest absolute Gasteiger partial charge is 0.481 e. The molecule has 2 saturated carbocycles. The molecule has 208 valence electrons. The Bertz CT molecular complexity index is 1030. The number of allylic oxidation sites excluding steroid dienone is 1. The first kappa shape index (κ1) is 28.5. The molecule has 0 aliphatic heterocycles. The van der Waals surface area contributed by atoms with Crippen molar-refractivity contribution >= 4 is 17.5 Å². The molecule has 4 aliphatic rings. The van der Waals surface area contributed by atoms with Crippen molar-refractivity contribution in [2.75, 3.05) is 0 Å². The zero-order valence-corrected chi connectivity index (χ0v) is 24.1. The molecule has 0 aromatic carbocycles. The molecule has 10 atom stereocenters. The van der Waals surface area contributed by atoms with E-state index in [9.17, 15) is 29.7 Å². The van der Waals surface area contributed by atoms with Crippen molar-refractivity contribution in [2.24, 2.45) is 51.2 Å². The van der Waals surface area contributed by atoms with Crippen molar-refractivity contribution in [1.82, 2.24) is 0 Å². The van der Waals surface area contributed by atoms with Crippen LogP contribution in [0.25, 0.3) is 0 Å². The SMILES string of the molecule is CC(CC(=O)C[C@@H](C)[C@H]1C[C@H](O)[C@@]2(C)C3=C(C(=O)C[C@]12C)[C@@]1(C)CC[C@H](C)C(C)(C)[C@@H]1C[C@@H]3O)C(=O)O. The predicted octanol–water partition coefficient (Wildman–Crippen LogP) is 5.20. The third kappa shape index (κ3) is 3.91. The van der Waals surface area contributed by atoms with Gasteiger partial charge in [-0.25, -0.2) is 0 Å². The van der Waals surface area contributed by atoms with E-state index in [-0.39, 0.29) is 53.0 Å². The minimum absolute atomic E-state index is 0.00671. The average Bonchev–Trinajstić information content (AvgIpc) is 2.99. The van der Waals surface area contributed by atoms with E-state index < -0.39 is 34.9 Å². The second kappa shape index (κ2) is 9.01. The van der Waals surface area contributed by atoms with Gasteiger partial charge in [-0.1, -0.05) is 55.4 Å². The number of hydrogen-bond acceptors (Lipinski definition) is 5. The van der Waals surface area contributed by atoms with E-state index >= 15 is 0 Å². The third-order valence-electron chi connectivity index (χ3n) is 12.4. The molecule has 0 radical (unpaired) electrons. The van der Waals surface area contributed by atoms with Crippen molar-refractivity contribution < 1.29 is 29.7 Å². The third-order valence-corrected chi connectivity index (χ3v) is 12.4. The number of aliphatic hydroxyl groups excluding tert-OH is 2. The summed E-state index contributed by atoms with van der Waals surface area (Å²) in [6.07, 6.45) is 2.05. The van der Waals surface area contributed by atoms with Crippen LogP contribution in [0.5, 0.6) is 0 Å². The standard InChI is InChI=1S/C31H48O6/c1-16(11-19(32)12-17(2)27(36)37)20-13-24(35)31(8)26-21(33)14-23-28(4,5)18(3)9-10-29(23,6)25(26)22(34)15-30(20,31)7/h16-18,20-21,23-24,33,35H,9-15H2,1-8H3,(H,36,37)/t16-,17?,18+,20-,21+,23+,24+,29+,30-,31+/m1/s1. The molecule has 1 unspecified atom stereocenters. The Morgan fingerprint density at radius 3 is 2.24 bits per heavy atom. The topological polar surface area (TPSA) is 112 Å². The van der Waals surface area contributed by atoms with Gasteiger partial charge >= 0.3 is 5.97 Å². The molecule has 0 aromatic heterocycles. The Morgan fingerprint density at radius 2 is 1.65 bits per heavy atom. The molecule has 0 aromatic rings. The Morgan fingerprint density at radius 1 is 1.03 bits per heavy atom. The summed E-state index contributed by atoms with van der Waals surface area (Å²) in [5.74, 6) is -1.20. The van der Waals surface area contributed by atoms with Crippen LogP contribution in [0.4, 0.5) is 0 Å². The number of ketones is 2. The second-order valence-corrected chi connectivity index (χ2v) is 14.5. The molecule has 37 heavy (non-hydrogen) atoms. The lowest BCUT2D eigenvalue weighted by molar-refractivity contribution is -0.143. The van der Waals surface area contributed by atoms with E-state index in [2.05, 4.69) is 34.6 Å². The van der Waals surface area contributed by atoms with Crippen LogP contribution < -0.4 is 0 Å². The van der Waals surface area contributed by atoms with Gasteiger partial charge in [0, 0.05) is 30.3 Å². The number of aliphatic carboxylic acids is 1. The Hall–Kier alpha value is -1.53. The highest BCUT2D eigenvalue weighted by Gasteiger charge is 2.69. The van der Waals surface area contributed by atoms with Gasteiger partial charge in [0.2, 0.25) is 0 Å². The van der Waals surface area contributed by atoms with E-state index in [1.54, 1.807) is 6.92 Å². The van der Waals surface area contributed by atoms with E-state index in [4.69, 9.17) is 0 Å². The summed E-state index contributed by atoms with van der Waals surface area (Å²) < 4.78 is 0. The van der Waals surface area contributed by atoms with Crippen LogP contribution in [-0.2, 0) is 14.4 Å². The fourth-order valence-electron chi connectivity index (χ4n) is 9.58. The van der Waals surface area contributed by atoms with Gasteiger partial charge in [-0.2, -0.15) is 0 Å². The maximum atomic E-state index is 14.2. The Kier molecular flexibility index (Phi) is 6.93. The van der Waals surface area contributed by atoms with E-state index in [0.29, 0.717) is 25.2 Å². The number of carboxylic acid groups (broad SMARTS) is 1. The summed E-state index contributed by atoms with van der Waals surface area (Å²) in [5, 5.41) is 32.6. The molecule has 0 heterocycles. The molecule has 4 rings (SSSR count). The fourth-order valence-corrected chi connectivity index (χ4v) is 9.58. The summed E-state index contributed by atoms with van der Waals surface area (Å²) in [6, 6.07) is 0. The second-order valence-electron chi connectivity index (χ2n) is 14.5. The van der Waals surface area contributed by atoms with Gasteiger partial charge in [0.15, 0.2) is 5.78 Å². The number of hydrogen-bond donors (Lipinski definition) is 3. The first-order valence-electron chi connectivity index (χ1n) is 14.3. The van der Waals surface area contributed by atoms with Crippen molar-refractivity contribution in [1.29, 1.82) is 0 Å². The monoisotopic (exact) mass is 516 g/mol. The van der Waals surface area contributed by atoms with Crippen LogP contribution in [0.2, 0.25) is 0 Å². The summed E-state index contributed by atoms with van der Waals surface area (Å²) in [4.78, 5) is 38.1. The Balaban J connectivity index is 1.74. The highest BCUT2D eigenvalue weighted by Crippen LogP contribution is 2.72. The van der Waals surface area contributed by atoms with E-state index in [0.717, 1.165) is 24.0 Å². The molecule has 0 bridgehead atoms. The van der Waals surface area contributed by atoms with Crippen molar-refractivity contribution in [3.05, 3.63) is 11.1 Å². The number of carbonyl (C=O) groups is 3. The van der Waals surface area contributed by atoms with Crippen LogP contribution in [0.3, 0.4) is 0 Å². The van der Waals surface area contributed by atoms with Crippen molar-refractivity contribution in [3.63, 3.8) is 0 Å². The molecule has 0 amide bonds. The number of carbonyl (C=O) groups excluding carboxylic acids is 2. The molecule has 6 heteroatoms. The summed E-state index contributed by atoms with van der Waals surface area (Å²) in [7, 11) is 0. The molecule has 0 spiro atoms. The first-order chi connectivity index (χ1) is 16.9. The quantitative estimate of drug-likeness (QED) is 0.447. The average molecular weight is 517 g/mol. The zero-order chi connectivity index (χ0) is 27.9. The van der Waals surface area contributed by atoms with Crippen LogP contribution in [0.15, 0.2) is 11.1 Å². The van der Waals surface area contributed by atoms with Gasteiger partial charge in [-0.3, -0.25) is 14.4 Å². The minimum Gasteiger partial charge on any atom is -0.481 e. The van der Waals surface area contributed by atoms with Gasteiger partial charge in [0.25, 0.3) is 0 Å². The minimum atomic E-state index is -0.979. The highest BCUT2D eigenvalue weighted by atomic mass is 16.4. The lowest BCUT2D eigenvalue weighted by Crippen LogP contribution is -2.60. The van der Waals surface area contributed by atoms with Crippen LogP contribution in [0.1, 0.15) is 100 Å². The molecule has 6 nitrogen and oxygen atoms in total. The molecule has 4 aliphatic carbocycles. The zero-order valence-electron chi connectivity index (χ0n) is 24.1. The molecule has 0 saturated heterocycles. The first-order valence-corrected chi connectivity index (χ1v) is 14.3. The highest BCUT2D eigenvalue weighted by molar-refractivity contribution is 6.00. The van der Waals surface area contributed by atoms with Gasteiger partial charge < -0.3 is 15.3 Å². The number of aliphatic hydroxyl groups is 2. The maximum Gasteiger partial charge on any atom is 0.306 e. The smallest absolute Gasteiger partial charge is 0.306 e. The van der Waals surface area contributed by atoms with Crippen LogP contribution >= 0.6 is 0 Å². The number of Topliss-reactive ketones (excluding diaryl/α,β-unsaturated/α-hetero) is 2. The lowest BCUT2D eigenvalue weighted by atomic mass is 9.41. The van der Waals surface area contributed by atoms with E-state index in [1.807, 2.05) is 13.8 Å². The van der Waals surface area contributed by atoms with Gasteiger partial charge in [-0.15, -0.1) is 0 Å². The molecular formula is C31H48O6. The Labute approximate surface area is 222 Å². The van der Waals surface area contributed by atoms with Crippen molar-refractivity contribution in [2.45, 2.75) is 113 Å². The molecule has 3 N–H and O–H groups in total. The summed E-state index contributed by atoms with van der Waals surface area (Å²) in [6.45, 7) is 16.7. The fraction of sp³-hybridized carbons (Fsp3) is 0.839. The lowest BCUT2D eigenvalue weighted by Gasteiger charge is -2.63. The van der Waals surface area contributed by atoms with Gasteiger partial charge in [0.05, 0.1) is 18.1 Å². The molecular weight excluding hydrogens is 468 g/mol. The van der Waals surface area contributed by atoms with Crippen LogP contribution in [-0.4, -0.2) is 45.1 Å². The van der Waals surface area contributed by atoms with E-state index in [1.165, 1.54) is 0 Å².